The Hall–Kier alpha value is -4.10. The second-order valence-corrected chi connectivity index (χ2v) is 11.5. The summed E-state index contributed by atoms with van der Waals surface area (Å²) in [6.07, 6.45) is 4.31. The number of imide groups is 1. The summed E-state index contributed by atoms with van der Waals surface area (Å²) in [5.41, 5.74) is 0.931. The molecule has 2 aliphatic heterocycles. The molecule has 5 rings (SSSR count). The van der Waals surface area contributed by atoms with E-state index in [1.54, 1.807) is 13.2 Å². The van der Waals surface area contributed by atoms with Crippen LogP contribution >= 0.6 is 0 Å². The molecule has 1 unspecified atom stereocenters. The highest BCUT2D eigenvalue weighted by Crippen LogP contribution is 2.40. The molecule has 2 fully saturated rings. The van der Waals surface area contributed by atoms with Gasteiger partial charge in [0.05, 0.1) is 32.1 Å². The number of urea groups is 2. The molecule has 2 heterocycles. The number of nitrogens with zero attached hydrogens (tertiary/aromatic N) is 2. The topological polar surface area (TPSA) is 109 Å². The van der Waals surface area contributed by atoms with Crippen LogP contribution in [0.25, 0.3) is 0 Å². The van der Waals surface area contributed by atoms with Crippen LogP contribution in [0.3, 0.4) is 0 Å². The number of esters is 1. The summed E-state index contributed by atoms with van der Waals surface area (Å²) >= 11 is 0. The Morgan fingerprint density at radius 2 is 1.73 bits per heavy atom. The summed E-state index contributed by atoms with van der Waals surface area (Å²) in [5.74, 6) is -2.69. The number of ether oxygens (including phenoxy) is 3. The zero-order valence-corrected chi connectivity index (χ0v) is 25.4. The zero-order valence-electron chi connectivity index (χ0n) is 25.4. The van der Waals surface area contributed by atoms with E-state index in [4.69, 9.17) is 14.2 Å². The van der Waals surface area contributed by atoms with Crippen molar-refractivity contribution in [3.05, 3.63) is 76.2 Å². The van der Waals surface area contributed by atoms with Crippen molar-refractivity contribution in [3.8, 4) is 5.75 Å². The molecule has 1 saturated heterocycles. The maximum Gasteiger partial charge on any atom is 0.338 e. The van der Waals surface area contributed by atoms with Gasteiger partial charge >= 0.3 is 18.0 Å². The van der Waals surface area contributed by atoms with Crippen molar-refractivity contribution < 1.29 is 41.8 Å². The van der Waals surface area contributed by atoms with Gasteiger partial charge in [-0.2, -0.15) is 0 Å². The van der Waals surface area contributed by atoms with Gasteiger partial charge < -0.3 is 24.8 Å². The quantitative estimate of drug-likeness (QED) is 0.405. The molecular weight excluding hydrogens is 593 g/mol. The third kappa shape index (κ3) is 6.79. The molecule has 1 saturated carbocycles. The Labute approximate surface area is 259 Å². The first-order valence-corrected chi connectivity index (χ1v) is 14.9. The monoisotopic (exact) mass is 630 g/mol. The van der Waals surface area contributed by atoms with E-state index in [9.17, 15) is 27.6 Å². The van der Waals surface area contributed by atoms with Gasteiger partial charge in [-0.3, -0.25) is 4.90 Å². The minimum atomic E-state index is -1.40. The van der Waals surface area contributed by atoms with Crippen molar-refractivity contribution in [2.75, 3.05) is 41.0 Å². The van der Waals surface area contributed by atoms with Crippen LogP contribution in [0.4, 0.5) is 22.8 Å². The summed E-state index contributed by atoms with van der Waals surface area (Å²) in [4.78, 5) is 43.1. The van der Waals surface area contributed by atoms with Gasteiger partial charge in [-0.05, 0) is 67.3 Å². The highest BCUT2D eigenvalue weighted by atomic mass is 19.2. The number of hydrogen-bond acceptors (Lipinski definition) is 7. The number of halogens is 3. The van der Waals surface area contributed by atoms with Crippen molar-refractivity contribution in [1.82, 2.24) is 20.4 Å². The molecule has 1 aliphatic carbocycles. The second-order valence-electron chi connectivity index (χ2n) is 11.5. The van der Waals surface area contributed by atoms with Crippen molar-refractivity contribution in [2.24, 2.45) is 0 Å². The van der Waals surface area contributed by atoms with Crippen LogP contribution in [0.15, 0.2) is 47.7 Å². The largest absolute Gasteiger partial charge is 0.496 e. The first-order valence-electron chi connectivity index (χ1n) is 14.9. The SMILES string of the molecule is COCC1=C(C(=O)OC)C(c2ccc(F)c(F)c2)N(C(=O)N[C@@H]2CCN(C3CCC(c4ccc(F)cc4OC)CC3)C2)C(=O)N1. The van der Waals surface area contributed by atoms with Gasteiger partial charge in [-0.1, -0.05) is 12.1 Å². The summed E-state index contributed by atoms with van der Waals surface area (Å²) in [6.45, 7) is 1.10. The number of carbonyl (C=O) groups excluding carboxylic acids is 3. The summed E-state index contributed by atoms with van der Waals surface area (Å²) in [7, 11) is 4.04. The molecule has 45 heavy (non-hydrogen) atoms. The van der Waals surface area contributed by atoms with Crippen LogP contribution in [0.5, 0.6) is 5.75 Å². The molecule has 0 aromatic heterocycles. The predicted molar refractivity (Wildman–Crippen MR) is 157 cm³/mol. The fourth-order valence-electron chi connectivity index (χ4n) is 6.73. The van der Waals surface area contributed by atoms with Gasteiger partial charge in [-0.15, -0.1) is 0 Å². The molecule has 0 spiro atoms. The average molecular weight is 631 g/mol. The van der Waals surface area contributed by atoms with Crippen LogP contribution in [0.2, 0.25) is 0 Å². The highest BCUT2D eigenvalue weighted by Gasteiger charge is 2.44. The number of amides is 4. The third-order valence-electron chi connectivity index (χ3n) is 8.90. The molecule has 242 valence electrons. The van der Waals surface area contributed by atoms with Crippen LogP contribution in [-0.2, 0) is 14.3 Å². The summed E-state index contributed by atoms with van der Waals surface area (Å²) < 4.78 is 57.4. The fourth-order valence-corrected chi connectivity index (χ4v) is 6.73. The van der Waals surface area contributed by atoms with Crippen LogP contribution in [0.1, 0.15) is 55.2 Å². The van der Waals surface area contributed by atoms with Crippen molar-refractivity contribution in [3.63, 3.8) is 0 Å². The lowest BCUT2D eigenvalue weighted by molar-refractivity contribution is -0.137. The zero-order chi connectivity index (χ0) is 32.2. The second kappa shape index (κ2) is 13.9. The maximum absolute atomic E-state index is 14.4. The van der Waals surface area contributed by atoms with Gasteiger partial charge in [0.2, 0.25) is 0 Å². The molecule has 2 aromatic carbocycles. The standard InChI is InChI=1S/C32H37F3N4O6/c1-43-17-26-28(30(40)45-3)29(19-6-11-24(34)25(35)14-19)39(32(42)37-26)31(41)36-21-12-13-38(16-21)22-8-4-18(5-9-22)23-10-7-20(33)15-27(23)44-2/h6-7,10-11,14-15,18,21-22,29H,4-5,8-9,12-13,16-17H2,1-3H3,(H,36,41)(H,37,42)/t18?,21-,22?,29?/m1/s1. The minimum absolute atomic E-state index is 0.00972. The van der Waals surface area contributed by atoms with Crippen molar-refractivity contribution >= 4 is 18.0 Å². The minimum Gasteiger partial charge on any atom is -0.496 e. The van der Waals surface area contributed by atoms with E-state index in [1.807, 2.05) is 0 Å². The predicted octanol–water partition coefficient (Wildman–Crippen LogP) is 4.76. The molecule has 4 amide bonds. The van der Waals surface area contributed by atoms with Gasteiger partial charge in [0.1, 0.15) is 17.6 Å². The molecule has 3 aliphatic rings. The first-order chi connectivity index (χ1) is 21.6. The number of nitrogens with one attached hydrogen (secondary N) is 2. The summed E-state index contributed by atoms with van der Waals surface area (Å²) in [6, 6.07) is 4.55. The number of rotatable bonds is 8. The molecule has 2 aromatic rings. The Kier molecular flexibility index (Phi) is 9.98. The molecule has 10 nitrogen and oxygen atoms in total. The number of benzene rings is 2. The molecule has 13 heteroatoms. The number of hydrogen-bond donors (Lipinski definition) is 2. The number of methoxy groups -OCH3 is 3. The number of carbonyl (C=O) groups is 3. The summed E-state index contributed by atoms with van der Waals surface area (Å²) in [5, 5.41) is 5.44. The van der Waals surface area contributed by atoms with Crippen molar-refractivity contribution in [1.29, 1.82) is 0 Å². The first kappa shape index (κ1) is 32.3. The van der Waals surface area contributed by atoms with Crippen molar-refractivity contribution in [2.45, 2.75) is 56.1 Å². The van der Waals surface area contributed by atoms with Crippen LogP contribution in [0, 0.1) is 17.5 Å². The Balaban J connectivity index is 1.29. The average Bonchev–Trinajstić information content (AvgIpc) is 3.50. The van der Waals surface area contributed by atoms with E-state index in [1.165, 1.54) is 25.3 Å². The molecule has 2 N–H and O–H groups in total. The van der Waals surface area contributed by atoms with E-state index >= 15 is 0 Å². The van der Waals surface area contributed by atoms with Gasteiger partial charge in [-0.25, -0.2) is 32.5 Å². The van der Waals surface area contributed by atoms with E-state index in [0.29, 0.717) is 24.8 Å². The number of likely N-dealkylation sites (tertiary alicyclic amines) is 1. The lowest BCUT2D eigenvalue weighted by Gasteiger charge is -2.37. The van der Waals surface area contributed by atoms with Crippen LogP contribution in [-0.4, -0.2) is 80.9 Å². The van der Waals surface area contributed by atoms with Gasteiger partial charge in [0, 0.05) is 38.3 Å². The lowest BCUT2D eigenvalue weighted by atomic mass is 9.81. The van der Waals surface area contributed by atoms with E-state index in [2.05, 4.69) is 15.5 Å². The smallest absolute Gasteiger partial charge is 0.338 e. The molecule has 0 bridgehead atoms. The Morgan fingerprint density at radius 1 is 0.978 bits per heavy atom. The molecule has 0 radical (unpaired) electrons. The lowest BCUT2D eigenvalue weighted by Crippen LogP contribution is -2.56. The Bertz CT molecular complexity index is 1480. The van der Waals surface area contributed by atoms with E-state index in [0.717, 1.165) is 61.9 Å². The molecule has 2 atom stereocenters. The van der Waals surface area contributed by atoms with E-state index in [-0.39, 0.29) is 41.2 Å². The Morgan fingerprint density at radius 3 is 2.40 bits per heavy atom. The van der Waals surface area contributed by atoms with Gasteiger partial charge in [0.15, 0.2) is 11.6 Å². The molecular formula is C32H37F3N4O6. The maximum atomic E-state index is 14.4. The highest BCUT2D eigenvalue weighted by molar-refractivity contribution is 6.01. The van der Waals surface area contributed by atoms with Crippen LogP contribution < -0.4 is 15.4 Å². The van der Waals surface area contributed by atoms with E-state index < -0.39 is 35.7 Å². The third-order valence-corrected chi connectivity index (χ3v) is 8.90. The van der Waals surface area contributed by atoms with Gasteiger partial charge in [0.25, 0.3) is 0 Å². The normalized spacial score (nSPS) is 24.0. The fraction of sp³-hybridized carbons (Fsp3) is 0.469.